The van der Waals surface area contributed by atoms with E-state index in [-0.39, 0.29) is 0 Å². The van der Waals surface area contributed by atoms with Gasteiger partial charge in [-0.2, -0.15) is 4.98 Å². The molecule has 0 amide bonds. The van der Waals surface area contributed by atoms with Crippen molar-refractivity contribution in [2.45, 2.75) is 19.5 Å². The van der Waals surface area contributed by atoms with Crippen LogP contribution in [0, 0.1) is 0 Å². The molecule has 8 heteroatoms. The van der Waals surface area contributed by atoms with Gasteiger partial charge in [-0.1, -0.05) is 11.2 Å². The largest absolute Gasteiger partial charge is 0.343 e. The van der Waals surface area contributed by atoms with Crippen molar-refractivity contribution in [1.82, 2.24) is 20.0 Å². The molecule has 4 rings (SSSR count). The smallest absolute Gasteiger partial charge is 0.241 e. The molecule has 0 saturated carbocycles. The van der Waals surface area contributed by atoms with Gasteiger partial charge in [-0.3, -0.25) is 4.90 Å². The Morgan fingerprint density at radius 3 is 3.00 bits per heavy atom. The number of hydrogen-bond donors (Lipinski definition) is 0. The fourth-order valence-corrected chi connectivity index (χ4v) is 4.26. The normalized spacial score (nSPS) is 19.3. The lowest BCUT2D eigenvalue weighted by atomic mass is 10.2. The van der Waals surface area contributed by atoms with Crippen LogP contribution in [0.3, 0.4) is 0 Å². The molecule has 0 bridgehead atoms. The molecular weight excluding hydrogens is 330 g/mol. The van der Waals surface area contributed by atoms with Crippen molar-refractivity contribution in [3.05, 3.63) is 35.0 Å². The fraction of sp³-hybridized carbons (Fsp3) is 0.400. The maximum atomic E-state index is 5.41. The van der Waals surface area contributed by atoms with Crippen molar-refractivity contribution in [3.63, 3.8) is 0 Å². The standard InChI is InChI=1S/C15H17N5OS2/c1-11-9-19(5-6-20(11)15-16-4-8-23-15)10-13-17-14(18-21-13)12-3-2-7-22-12/h2-4,7-8,11H,5-6,9-10H2,1H3/t11-/m0/s1. The molecule has 1 atom stereocenters. The minimum Gasteiger partial charge on any atom is -0.343 e. The molecule has 23 heavy (non-hydrogen) atoms. The number of piperazine rings is 1. The summed E-state index contributed by atoms with van der Waals surface area (Å²) in [5.74, 6) is 1.37. The summed E-state index contributed by atoms with van der Waals surface area (Å²) in [7, 11) is 0. The Kier molecular flexibility index (Phi) is 4.11. The summed E-state index contributed by atoms with van der Waals surface area (Å²) in [5.41, 5.74) is 0. The first-order chi connectivity index (χ1) is 11.3. The van der Waals surface area contributed by atoms with Crippen LogP contribution >= 0.6 is 22.7 Å². The summed E-state index contributed by atoms with van der Waals surface area (Å²) < 4.78 is 5.41. The first-order valence-corrected chi connectivity index (χ1v) is 9.30. The zero-order valence-electron chi connectivity index (χ0n) is 12.8. The summed E-state index contributed by atoms with van der Waals surface area (Å²) in [4.78, 5) is 14.7. The monoisotopic (exact) mass is 347 g/mol. The lowest BCUT2D eigenvalue weighted by Crippen LogP contribution is -2.51. The van der Waals surface area contributed by atoms with Gasteiger partial charge in [0.2, 0.25) is 11.7 Å². The van der Waals surface area contributed by atoms with E-state index in [0.717, 1.165) is 29.6 Å². The molecule has 1 aliphatic heterocycles. The predicted molar refractivity (Wildman–Crippen MR) is 91.8 cm³/mol. The number of thiazole rings is 1. The third-order valence-corrected chi connectivity index (χ3v) is 5.62. The first-order valence-electron chi connectivity index (χ1n) is 7.54. The Morgan fingerprint density at radius 1 is 1.30 bits per heavy atom. The van der Waals surface area contributed by atoms with Gasteiger partial charge in [-0.25, -0.2) is 4.98 Å². The van der Waals surface area contributed by atoms with Crippen molar-refractivity contribution >= 4 is 27.8 Å². The zero-order chi connectivity index (χ0) is 15.6. The van der Waals surface area contributed by atoms with Crippen LogP contribution in [0.25, 0.3) is 10.7 Å². The molecular formula is C15H17N5OS2. The maximum absolute atomic E-state index is 5.41. The average molecular weight is 347 g/mol. The van der Waals surface area contributed by atoms with E-state index < -0.39 is 0 Å². The van der Waals surface area contributed by atoms with Gasteiger partial charge >= 0.3 is 0 Å². The van der Waals surface area contributed by atoms with Gasteiger partial charge < -0.3 is 9.42 Å². The van der Waals surface area contributed by atoms with Crippen LogP contribution in [-0.2, 0) is 6.54 Å². The van der Waals surface area contributed by atoms with E-state index in [1.54, 1.807) is 22.7 Å². The second-order valence-electron chi connectivity index (χ2n) is 5.58. The van der Waals surface area contributed by atoms with E-state index in [0.29, 0.717) is 24.3 Å². The van der Waals surface area contributed by atoms with E-state index >= 15 is 0 Å². The molecule has 0 spiro atoms. The van der Waals surface area contributed by atoms with Gasteiger partial charge in [0.05, 0.1) is 11.4 Å². The number of hydrogen-bond acceptors (Lipinski definition) is 8. The van der Waals surface area contributed by atoms with Crippen LogP contribution in [0.1, 0.15) is 12.8 Å². The molecule has 6 nitrogen and oxygen atoms in total. The SMILES string of the molecule is C[C@H]1CN(Cc2nc(-c3cccs3)no2)CCN1c1nccs1. The lowest BCUT2D eigenvalue weighted by molar-refractivity contribution is 0.194. The van der Waals surface area contributed by atoms with E-state index in [1.165, 1.54) is 0 Å². The quantitative estimate of drug-likeness (QED) is 0.723. The highest BCUT2D eigenvalue weighted by atomic mass is 32.1. The third-order valence-electron chi connectivity index (χ3n) is 3.95. The Bertz CT molecular complexity index is 740. The first kappa shape index (κ1) is 14.8. The summed E-state index contributed by atoms with van der Waals surface area (Å²) >= 11 is 3.32. The second kappa shape index (κ2) is 6.38. The molecule has 120 valence electrons. The second-order valence-corrected chi connectivity index (χ2v) is 7.40. The minimum absolute atomic E-state index is 0.426. The van der Waals surface area contributed by atoms with Crippen LogP contribution < -0.4 is 4.90 Å². The molecule has 0 aliphatic carbocycles. The highest BCUT2D eigenvalue weighted by molar-refractivity contribution is 7.13. The van der Waals surface area contributed by atoms with Crippen molar-refractivity contribution in [2.24, 2.45) is 0 Å². The molecule has 0 N–H and O–H groups in total. The Balaban J connectivity index is 1.39. The van der Waals surface area contributed by atoms with Gasteiger partial charge in [-0.15, -0.1) is 22.7 Å². The molecule has 3 aromatic rings. The predicted octanol–water partition coefficient (Wildman–Crippen LogP) is 2.97. The number of anilines is 1. The van der Waals surface area contributed by atoms with Crippen molar-refractivity contribution in [3.8, 4) is 10.7 Å². The van der Waals surface area contributed by atoms with Crippen LogP contribution in [-0.4, -0.2) is 45.7 Å². The van der Waals surface area contributed by atoms with Crippen molar-refractivity contribution < 1.29 is 4.52 Å². The van der Waals surface area contributed by atoms with Crippen LogP contribution in [0.5, 0.6) is 0 Å². The van der Waals surface area contributed by atoms with Gasteiger partial charge in [0.25, 0.3) is 0 Å². The molecule has 0 unspecified atom stereocenters. The molecule has 3 aromatic heterocycles. The number of aromatic nitrogens is 3. The van der Waals surface area contributed by atoms with E-state index in [9.17, 15) is 0 Å². The van der Waals surface area contributed by atoms with Gasteiger partial charge in [-0.05, 0) is 18.4 Å². The highest BCUT2D eigenvalue weighted by Gasteiger charge is 2.26. The Labute approximate surface area is 142 Å². The topological polar surface area (TPSA) is 58.3 Å². The number of nitrogens with zero attached hydrogens (tertiary/aromatic N) is 5. The fourth-order valence-electron chi connectivity index (χ4n) is 2.83. The van der Waals surface area contributed by atoms with Crippen LogP contribution in [0.2, 0.25) is 0 Å². The van der Waals surface area contributed by atoms with Gasteiger partial charge in [0.1, 0.15) is 0 Å². The summed E-state index contributed by atoms with van der Waals surface area (Å²) in [6, 6.07) is 4.43. The number of thiophene rings is 1. The van der Waals surface area contributed by atoms with Crippen LogP contribution in [0.15, 0.2) is 33.6 Å². The molecule has 1 fully saturated rings. The van der Waals surface area contributed by atoms with E-state index in [1.807, 2.05) is 29.1 Å². The Morgan fingerprint density at radius 2 is 2.26 bits per heavy atom. The van der Waals surface area contributed by atoms with Crippen molar-refractivity contribution in [2.75, 3.05) is 24.5 Å². The average Bonchev–Trinajstić information content (AvgIpc) is 3.30. The van der Waals surface area contributed by atoms with E-state index in [4.69, 9.17) is 4.52 Å². The molecule has 1 aliphatic rings. The Hall–Kier alpha value is -1.77. The van der Waals surface area contributed by atoms with Crippen molar-refractivity contribution in [1.29, 1.82) is 0 Å². The summed E-state index contributed by atoms with van der Waals surface area (Å²) in [6.45, 7) is 5.85. The number of rotatable bonds is 4. The minimum atomic E-state index is 0.426. The maximum Gasteiger partial charge on any atom is 0.241 e. The third kappa shape index (κ3) is 3.15. The van der Waals surface area contributed by atoms with Crippen LogP contribution in [0.4, 0.5) is 5.13 Å². The summed E-state index contributed by atoms with van der Waals surface area (Å²) in [5, 5.41) is 9.23. The lowest BCUT2D eigenvalue weighted by Gasteiger charge is -2.39. The highest BCUT2D eigenvalue weighted by Crippen LogP contribution is 2.24. The molecule has 4 heterocycles. The molecule has 0 radical (unpaired) electrons. The zero-order valence-corrected chi connectivity index (χ0v) is 14.4. The van der Waals surface area contributed by atoms with Gasteiger partial charge in [0, 0.05) is 37.3 Å². The molecule has 1 saturated heterocycles. The van der Waals surface area contributed by atoms with Gasteiger partial charge in [0.15, 0.2) is 5.13 Å². The molecule has 0 aromatic carbocycles. The summed E-state index contributed by atoms with van der Waals surface area (Å²) in [6.07, 6.45) is 1.86. The van der Waals surface area contributed by atoms with E-state index in [2.05, 4.69) is 31.8 Å².